The molecule has 4 aromatic rings. The Bertz CT molecular complexity index is 1120. The second-order valence-corrected chi connectivity index (χ2v) is 5.69. The molecule has 0 fully saturated rings. The van der Waals surface area contributed by atoms with E-state index in [1.807, 2.05) is 0 Å². The molecule has 0 aliphatic heterocycles. The molecule has 5 nitrogen and oxygen atoms in total. The lowest BCUT2D eigenvalue weighted by molar-refractivity contribution is -0.137. The molecule has 0 amide bonds. The average Bonchev–Trinajstić information content (AvgIpc) is 3.05. The third-order valence-corrected chi connectivity index (χ3v) is 3.93. The topological polar surface area (TPSA) is 74.4 Å². The van der Waals surface area contributed by atoms with Crippen LogP contribution in [0.15, 0.2) is 59.7 Å². The predicted octanol–water partition coefficient (Wildman–Crippen LogP) is 4.00. The lowest BCUT2D eigenvalue weighted by Crippen LogP contribution is -2.04. The Balaban J connectivity index is 1.69. The summed E-state index contributed by atoms with van der Waals surface area (Å²) < 4.78 is 38.4. The average molecular weight is 356 g/mol. The van der Waals surface area contributed by atoms with Crippen molar-refractivity contribution in [1.29, 1.82) is 0 Å². The number of hydrogen-bond donors (Lipinski definition) is 2. The van der Waals surface area contributed by atoms with Crippen LogP contribution < -0.4 is 5.56 Å². The minimum absolute atomic E-state index is 0.203. The van der Waals surface area contributed by atoms with Crippen LogP contribution in [0.3, 0.4) is 0 Å². The second kappa shape index (κ2) is 5.83. The minimum Gasteiger partial charge on any atom is -0.338 e. The first-order valence-corrected chi connectivity index (χ1v) is 7.63. The summed E-state index contributed by atoms with van der Waals surface area (Å²) in [5.74, 6) is 0.430. The van der Waals surface area contributed by atoms with Crippen LogP contribution in [0.25, 0.3) is 33.7 Å². The number of aromatic nitrogens is 4. The van der Waals surface area contributed by atoms with E-state index in [1.165, 1.54) is 12.1 Å². The first-order valence-electron chi connectivity index (χ1n) is 7.63. The molecule has 0 aliphatic rings. The van der Waals surface area contributed by atoms with Gasteiger partial charge in [-0.1, -0.05) is 0 Å². The third kappa shape index (κ3) is 2.97. The summed E-state index contributed by atoms with van der Waals surface area (Å²) in [5.41, 5.74) is 1.86. The summed E-state index contributed by atoms with van der Waals surface area (Å²) in [6.07, 6.45) is -1.27. The van der Waals surface area contributed by atoms with E-state index in [0.29, 0.717) is 28.1 Å². The van der Waals surface area contributed by atoms with E-state index in [1.54, 1.807) is 30.6 Å². The number of hydrogen-bond acceptors (Lipinski definition) is 3. The molecule has 0 saturated carbocycles. The van der Waals surface area contributed by atoms with Gasteiger partial charge in [0.2, 0.25) is 5.56 Å². The van der Waals surface area contributed by atoms with Crippen LogP contribution in [-0.2, 0) is 6.18 Å². The molecule has 2 N–H and O–H groups in total. The fourth-order valence-corrected chi connectivity index (χ4v) is 2.60. The van der Waals surface area contributed by atoms with E-state index in [0.717, 1.165) is 17.7 Å². The molecular formula is C18H11F3N4O. The van der Waals surface area contributed by atoms with Gasteiger partial charge in [0.05, 0.1) is 22.3 Å². The molecule has 0 saturated heterocycles. The van der Waals surface area contributed by atoms with Crippen LogP contribution in [0.5, 0.6) is 0 Å². The zero-order valence-corrected chi connectivity index (χ0v) is 13.1. The number of alkyl halides is 3. The number of pyridine rings is 2. The van der Waals surface area contributed by atoms with Gasteiger partial charge in [0.15, 0.2) is 0 Å². The minimum atomic E-state index is -4.40. The quantitative estimate of drug-likeness (QED) is 0.570. The standard InChI is InChI=1S/C18H11F3N4O/c19-18(20,21)12-3-5-14-15(7-12)25-17(24-14)11-1-4-13(22-9-11)10-2-6-16(26)23-8-10/h1-9H,(H,23,26)(H,24,25). The Hall–Kier alpha value is -3.42. The molecule has 26 heavy (non-hydrogen) atoms. The van der Waals surface area contributed by atoms with Crippen molar-refractivity contribution in [3.8, 4) is 22.6 Å². The highest BCUT2D eigenvalue weighted by atomic mass is 19.4. The molecule has 0 atom stereocenters. The molecule has 0 unspecified atom stereocenters. The molecule has 0 aliphatic carbocycles. The highest BCUT2D eigenvalue weighted by molar-refractivity contribution is 5.80. The van der Waals surface area contributed by atoms with E-state index in [9.17, 15) is 18.0 Å². The van der Waals surface area contributed by atoms with Crippen molar-refractivity contribution in [2.45, 2.75) is 6.18 Å². The first-order chi connectivity index (χ1) is 12.4. The summed E-state index contributed by atoms with van der Waals surface area (Å²) >= 11 is 0. The molecule has 4 rings (SSSR count). The molecule has 0 radical (unpaired) electrons. The lowest BCUT2D eigenvalue weighted by Gasteiger charge is -2.05. The molecular weight excluding hydrogens is 345 g/mol. The van der Waals surface area contributed by atoms with Gasteiger partial charge in [-0.25, -0.2) is 4.98 Å². The molecule has 0 spiro atoms. The van der Waals surface area contributed by atoms with Gasteiger partial charge in [0.25, 0.3) is 0 Å². The smallest absolute Gasteiger partial charge is 0.338 e. The van der Waals surface area contributed by atoms with Crippen LogP contribution in [0.1, 0.15) is 5.56 Å². The maximum Gasteiger partial charge on any atom is 0.416 e. The number of H-pyrrole nitrogens is 2. The van der Waals surface area contributed by atoms with Crippen LogP contribution in [-0.4, -0.2) is 19.9 Å². The summed E-state index contributed by atoms with van der Waals surface area (Å²) in [4.78, 5) is 25.2. The van der Waals surface area contributed by atoms with E-state index in [4.69, 9.17) is 0 Å². The predicted molar refractivity (Wildman–Crippen MR) is 90.4 cm³/mol. The number of fused-ring (bicyclic) bond motifs is 1. The second-order valence-electron chi connectivity index (χ2n) is 5.69. The summed E-state index contributed by atoms with van der Waals surface area (Å²) in [6, 6.07) is 9.94. The number of imidazole rings is 1. The van der Waals surface area contributed by atoms with Crippen molar-refractivity contribution in [1.82, 2.24) is 19.9 Å². The van der Waals surface area contributed by atoms with Crippen LogP contribution in [0, 0.1) is 0 Å². The van der Waals surface area contributed by atoms with E-state index >= 15 is 0 Å². The molecule has 3 heterocycles. The number of nitrogens with zero attached hydrogens (tertiary/aromatic N) is 2. The highest BCUT2D eigenvalue weighted by Crippen LogP contribution is 2.31. The summed E-state index contributed by atoms with van der Waals surface area (Å²) in [6.45, 7) is 0. The zero-order chi connectivity index (χ0) is 18.3. The van der Waals surface area contributed by atoms with Crippen LogP contribution in [0.2, 0.25) is 0 Å². The Labute approximate surface area is 144 Å². The monoisotopic (exact) mass is 356 g/mol. The maximum atomic E-state index is 12.8. The molecule has 130 valence electrons. The van der Waals surface area contributed by atoms with E-state index < -0.39 is 11.7 Å². The Morgan fingerprint density at radius 1 is 0.962 bits per heavy atom. The van der Waals surface area contributed by atoms with Crippen molar-refractivity contribution in [3.63, 3.8) is 0 Å². The number of halogens is 3. The van der Waals surface area contributed by atoms with E-state index in [2.05, 4.69) is 19.9 Å². The zero-order valence-electron chi connectivity index (χ0n) is 13.1. The van der Waals surface area contributed by atoms with Crippen molar-refractivity contribution < 1.29 is 13.2 Å². The Morgan fingerprint density at radius 3 is 2.42 bits per heavy atom. The van der Waals surface area contributed by atoms with Gasteiger partial charge in [0, 0.05) is 29.6 Å². The van der Waals surface area contributed by atoms with Crippen LogP contribution in [0.4, 0.5) is 13.2 Å². The fourth-order valence-electron chi connectivity index (χ4n) is 2.60. The van der Waals surface area contributed by atoms with Gasteiger partial charge in [-0.05, 0) is 36.4 Å². The molecule has 1 aromatic carbocycles. The number of rotatable bonds is 2. The number of nitrogens with one attached hydrogen (secondary N) is 2. The first kappa shape index (κ1) is 16.1. The van der Waals surface area contributed by atoms with Gasteiger partial charge in [-0.15, -0.1) is 0 Å². The molecule has 3 aromatic heterocycles. The normalized spacial score (nSPS) is 11.8. The van der Waals surface area contributed by atoms with Crippen LogP contribution >= 0.6 is 0 Å². The Morgan fingerprint density at radius 2 is 1.77 bits per heavy atom. The van der Waals surface area contributed by atoms with Crippen molar-refractivity contribution >= 4 is 11.0 Å². The van der Waals surface area contributed by atoms with Crippen molar-refractivity contribution in [2.75, 3.05) is 0 Å². The summed E-state index contributed by atoms with van der Waals surface area (Å²) in [5, 5.41) is 0. The Kier molecular flexibility index (Phi) is 3.61. The van der Waals surface area contributed by atoms with Gasteiger partial charge in [-0.2, -0.15) is 13.2 Å². The molecule has 8 heteroatoms. The highest BCUT2D eigenvalue weighted by Gasteiger charge is 2.30. The summed E-state index contributed by atoms with van der Waals surface area (Å²) in [7, 11) is 0. The number of aromatic amines is 2. The van der Waals surface area contributed by atoms with Crippen molar-refractivity contribution in [2.24, 2.45) is 0 Å². The fraction of sp³-hybridized carbons (Fsp3) is 0.0556. The van der Waals surface area contributed by atoms with Gasteiger partial charge in [0.1, 0.15) is 5.82 Å². The number of benzene rings is 1. The van der Waals surface area contributed by atoms with Gasteiger partial charge in [-0.3, -0.25) is 9.78 Å². The van der Waals surface area contributed by atoms with Crippen molar-refractivity contribution in [3.05, 3.63) is 70.8 Å². The maximum absolute atomic E-state index is 12.8. The van der Waals surface area contributed by atoms with Gasteiger partial charge >= 0.3 is 6.18 Å². The SMILES string of the molecule is O=c1ccc(-c2ccc(-c3nc4ccc(C(F)(F)F)cc4[nH]3)cn2)c[nH]1. The molecule has 0 bridgehead atoms. The third-order valence-electron chi connectivity index (χ3n) is 3.93. The van der Waals surface area contributed by atoms with E-state index in [-0.39, 0.29) is 5.56 Å². The lowest BCUT2D eigenvalue weighted by atomic mass is 10.1. The largest absolute Gasteiger partial charge is 0.416 e. The van der Waals surface area contributed by atoms with Gasteiger partial charge < -0.3 is 9.97 Å².